The zero-order valence-electron chi connectivity index (χ0n) is 8.32. The van der Waals surface area contributed by atoms with Gasteiger partial charge in [-0.2, -0.15) is 0 Å². The Labute approximate surface area is 83.1 Å². The van der Waals surface area contributed by atoms with E-state index in [1.807, 2.05) is 0 Å². The summed E-state index contributed by atoms with van der Waals surface area (Å²) in [6, 6.07) is 0. The first-order valence-electron chi connectivity index (χ1n) is 4.82. The first-order chi connectivity index (χ1) is 6.61. The van der Waals surface area contributed by atoms with Crippen molar-refractivity contribution in [2.45, 2.75) is 13.3 Å². The lowest BCUT2D eigenvalue weighted by molar-refractivity contribution is -0.142. The highest BCUT2D eigenvalue weighted by Crippen LogP contribution is 2.03. The Balaban J connectivity index is 2.48. The van der Waals surface area contributed by atoms with Gasteiger partial charge in [0.05, 0.1) is 5.92 Å². The summed E-state index contributed by atoms with van der Waals surface area (Å²) in [5.41, 5.74) is 0. The highest BCUT2D eigenvalue weighted by atomic mass is 16.4. The number of hydrogen-bond acceptors (Lipinski definition) is 3. The highest BCUT2D eigenvalue weighted by Gasteiger charge is 2.21. The molecule has 0 radical (unpaired) electrons. The predicted molar refractivity (Wildman–Crippen MR) is 50.9 cm³/mol. The lowest BCUT2D eigenvalue weighted by Crippen LogP contribution is -2.37. The molecule has 0 aromatic rings. The van der Waals surface area contributed by atoms with Gasteiger partial charge in [0.25, 0.3) is 0 Å². The van der Waals surface area contributed by atoms with Gasteiger partial charge < -0.3 is 15.3 Å². The monoisotopic (exact) mass is 200 g/mol. The molecular weight excluding hydrogens is 184 g/mol. The van der Waals surface area contributed by atoms with Crippen LogP contribution in [-0.2, 0) is 9.59 Å². The Morgan fingerprint density at radius 2 is 2.36 bits per heavy atom. The van der Waals surface area contributed by atoms with E-state index in [1.165, 1.54) is 0 Å². The topological polar surface area (TPSA) is 69.6 Å². The van der Waals surface area contributed by atoms with Crippen LogP contribution in [0.5, 0.6) is 0 Å². The van der Waals surface area contributed by atoms with Gasteiger partial charge in [0, 0.05) is 32.6 Å². The third-order valence-corrected chi connectivity index (χ3v) is 2.34. The Morgan fingerprint density at radius 3 is 3.00 bits per heavy atom. The number of rotatable bonds is 3. The van der Waals surface area contributed by atoms with E-state index in [-0.39, 0.29) is 5.91 Å². The molecule has 1 rings (SSSR count). The van der Waals surface area contributed by atoms with Crippen LogP contribution in [0, 0.1) is 5.92 Å². The Kier molecular flexibility index (Phi) is 3.88. The number of aliphatic carboxylic acids is 1. The molecule has 0 aliphatic carbocycles. The van der Waals surface area contributed by atoms with Gasteiger partial charge >= 0.3 is 5.97 Å². The highest BCUT2D eigenvalue weighted by molar-refractivity contribution is 5.77. The van der Waals surface area contributed by atoms with E-state index in [4.69, 9.17) is 5.11 Å². The zero-order valence-corrected chi connectivity index (χ0v) is 8.32. The summed E-state index contributed by atoms with van der Waals surface area (Å²) in [6.07, 6.45) is 0.465. The molecule has 80 valence electrons. The minimum absolute atomic E-state index is 0.0445. The Bertz CT molecular complexity index is 230. The summed E-state index contributed by atoms with van der Waals surface area (Å²) in [5.74, 6) is -1.30. The molecule has 1 aliphatic rings. The van der Waals surface area contributed by atoms with Crippen LogP contribution in [0.1, 0.15) is 13.3 Å². The molecule has 1 amide bonds. The van der Waals surface area contributed by atoms with Crippen LogP contribution in [0.3, 0.4) is 0 Å². The van der Waals surface area contributed by atoms with Crippen LogP contribution in [0.2, 0.25) is 0 Å². The summed E-state index contributed by atoms with van der Waals surface area (Å²) in [5, 5.41) is 11.8. The third kappa shape index (κ3) is 2.99. The van der Waals surface area contributed by atoms with E-state index in [9.17, 15) is 9.59 Å². The van der Waals surface area contributed by atoms with E-state index in [0.717, 1.165) is 6.54 Å². The molecule has 0 aromatic heterocycles. The molecule has 0 bridgehead atoms. The molecule has 0 aromatic carbocycles. The van der Waals surface area contributed by atoms with E-state index < -0.39 is 11.9 Å². The van der Waals surface area contributed by atoms with Crippen molar-refractivity contribution in [3.8, 4) is 0 Å². The van der Waals surface area contributed by atoms with Crippen molar-refractivity contribution in [3.05, 3.63) is 0 Å². The number of carboxylic acids is 1. The summed E-state index contributed by atoms with van der Waals surface area (Å²) in [6.45, 7) is 3.98. The molecule has 1 heterocycles. The third-order valence-electron chi connectivity index (χ3n) is 2.34. The predicted octanol–water partition coefficient (Wildman–Crippen LogP) is -0.471. The normalized spacial score (nSPS) is 20.4. The maximum Gasteiger partial charge on any atom is 0.308 e. The molecule has 2 N–H and O–H groups in total. The van der Waals surface area contributed by atoms with Crippen LogP contribution in [0.15, 0.2) is 0 Å². The number of carboxylic acid groups (broad SMARTS) is 1. The van der Waals surface area contributed by atoms with Crippen molar-refractivity contribution in [1.82, 2.24) is 10.2 Å². The summed E-state index contributed by atoms with van der Waals surface area (Å²) < 4.78 is 0. The SMILES string of the molecule is CC(CN1CCNCCC1=O)C(=O)O. The van der Waals surface area contributed by atoms with E-state index in [2.05, 4.69) is 5.32 Å². The first kappa shape index (κ1) is 11.0. The minimum atomic E-state index is -0.852. The lowest BCUT2D eigenvalue weighted by Gasteiger charge is -2.22. The maximum atomic E-state index is 11.5. The average molecular weight is 200 g/mol. The number of nitrogens with zero attached hydrogens (tertiary/aromatic N) is 1. The van der Waals surface area contributed by atoms with Crippen molar-refractivity contribution in [3.63, 3.8) is 0 Å². The maximum absolute atomic E-state index is 11.5. The van der Waals surface area contributed by atoms with Gasteiger partial charge in [0.1, 0.15) is 0 Å². The number of amides is 1. The van der Waals surface area contributed by atoms with Crippen LogP contribution in [-0.4, -0.2) is 48.1 Å². The van der Waals surface area contributed by atoms with Crippen molar-refractivity contribution in [1.29, 1.82) is 0 Å². The molecule has 1 aliphatic heterocycles. The van der Waals surface area contributed by atoms with Crippen LogP contribution in [0.4, 0.5) is 0 Å². The average Bonchev–Trinajstić information content (AvgIpc) is 2.32. The molecule has 5 nitrogen and oxygen atoms in total. The van der Waals surface area contributed by atoms with Gasteiger partial charge in [-0.1, -0.05) is 6.92 Å². The van der Waals surface area contributed by atoms with Crippen molar-refractivity contribution in [2.75, 3.05) is 26.2 Å². The van der Waals surface area contributed by atoms with Gasteiger partial charge in [-0.25, -0.2) is 0 Å². The molecule has 0 spiro atoms. The fraction of sp³-hybridized carbons (Fsp3) is 0.778. The van der Waals surface area contributed by atoms with E-state index >= 15 is 0 Å². The van der Waals surface area contributed by atoms with Crippen LogP contribution < -0.4 is 5.32 Å². The van der Waals surface area contributed by atoms with Crippen molar-refractivity contribution < 1.29 is 14.7 Å². The van der Waals surface area contributed by atoms with Crippen molar-refractivity contribution in [2.24, 2.45) is 5.92 Å². The molecule has 1 atom stereocenters. The number of nitrogens with one attached hydrogen (secondary N) is 1. The van der Waals surface area contributed by atoms with Gasteiger partial charge in [-0.05, 0) is 0 Å². The smallest absolute Gasteiger partial charge is 0.308 e. The largest absolute Gasteiger partial charge is 0.481 e. The van der Waals surface area contributed by atoms with E-state index in [1.54, 1.807) is 11.8 Å². The molecule has 5 heteroatoms. The number of hydrogen-bond donors (Lipinski definition) is 2. The standard InChI is InChI=1S/C9H16N2O3/c1-7(9(13)14)6-11-5-4-10-3-2-8(11)12/h7,10H,2-6H2,1H3,(H,13,14). The van der Waals surface area contributed by atoms with E-state index in [0.29, 0.717) is 26.1 Å². The van der Waals surface area contributed by atoms with Crippen LogP contribution >= 0.6 is 0 Å². The van der Waals surface area contributed by atoms with Crippen molar-refractivity contribution >= 4 is 11.9 Å². The second kappa shape index (κ2) is 4.95. The first-order valence-corrected chi connectivity index (χ1v) is 4.82. The van der Waals surface area contributed by atoms with Gasteiger partial charge in [-0.3, -0.25) is 9.59 Å². The molecule has 1 unspecified atom stereocenters. The summed E-state index contributed by atoms with van der Waals surface area (Å²) in [4.78, 5) is 23.7. The quantitative estimate of drug-likeness (QED) is 0.646. The fourth-order valence-electron chi connectivity index (χ4n) is 1.42. The minimum Gasteiger partial charge on any atom is -0.481 e. The molecular formula is C9H16N2O3. The number of carbonyl (C=O) groups excluding carboxylic acids is 1. The Hall–Kier alpha value is -1.10. The van der Waals surface area contributed by atoms with Gasteiger partial charge in [0.2, 0.25) is 5.91 Å². The molecule has 14 heavy (non-hydrogen) atoms. The molecule has 1 saturated heterocycles. The lowest BCUT2D eigenvalue weighted by atomic mass is 10.1. The summed E-state index contributed by atoms with van der Waals surface area (Å²) >= 11 is 0. The summed E-state index contributed by atoms with van der Waals surface area (Å²) in [7, 11) is 0. The molecule has 0 saturated carbocycles. The van der Waals surface area contributed by atoms with Gasteiger partial charge in [-0.15, -0.1) is 0 Å². The number of carbonyl (C=O) groups is 2. The Morgan fingerprint density at radius 1 is 1.64 bits per heavy atom. The zero-order chi connectivity index (χ0) is 10.6. The second-order valence-corrected chi connectivity index (χ2v) is 3.58. The molecule has 1 fully saturated rings. The van der Waals surface area contributed by atoms with Crippen LogP contribution in [0.25, 0.3) is 0 Å². The fourth-order valence-corrected chi connectivity index (χ4v) is 1.42. The second-order valence-electron chi connectivity index (χ2n) is 3.58. The van der Waals surface area contributed by atoms with Gasteiger partial charge in [0.15, 0.2) is 0 Å².